The predicted molar refractivity (Wildman–Crippen MR) is 93.6 cm³/mol. The van der Waals surface area contributed by atoms with E-state index in [-0.39, 0.29) is 0 Å². The smallest absolute Gasteiger partial charge is 0.0923 e. The summed E-state index contributed by atoms with van der Waals surface area (Å²) in [6.07, 6.45) is 6.47. The molecule has 2 aromatic rings. The van der Waals surface area contributed by atoms with Gasteiger partial charge in [0, 0.05) is 31.1 Å². The van der Waals surface area contributed by atoms with E-state index in [0.717, 1.165) is 31.4 Å². The number of nitrogens with zero attached hydrogens (tertiary/aromatic N) is 2. The molecule has 1 heterocycles. The fourth-order valence-electron chi connectivity index (χ4n) is 2.78. The van der Waals surface area contributed by atoms with E-state index >= 15 is 0 Å². The lowest BCUT2D eigenvalue weighted by molar-refractivity contribution is 0.516. The molecule has 1 aliphatic carbocycles. The van der Waals surface area contributed by atoms with Crippen molar-refractivity contribution in [2.45, 2.75) is 19.8 Å². The molecule has 0 amide bonds. The number of hydrogen-bond donors (Lipinski definition) is 2. The average molecular weight is 294 g/mol. The lowest BCUT2D eigenvalue weighted by atomic mass is 9.98. The molecule has 2 N–H and O–H groups in total. The Morgan fingerprint density at radius 3 is 3.00 bits per heavy atom. The van der Waals surface area contributed by atoms with E-state index in [1.54, 1.807) is 0 Å². The van der Waals surface area contributed by atoms with Crippen LogP contribution < -0.4 is 5.32 Å². The summed E-state index contributed by atoms with van der Waals surface area (Å²) >= 11 is 0. The van der Waals surface area contributed by atoms with Crippen molar-refractivity contribution in [1.82, 2.24) is 9.88 Å². The van der Waals surface area contributed by atoms with Crippen molar-refractivity contribution in [3.63, 3.8) is 0 Å². The van der Waals surface area contributed by atoms with E-state index < -0.39 is 0 Å². The van der Waals surface area contributed by atoms with E-state index in [1.165, 1.54) is 22.3 Å². The molecule has 0 bridgehead atoms. The van der Waals surface area contributed by atoms with Gasteiger partial charge in [0.2, 0.25) is 0 Å². The van der Waals surface area contributed by atoms with Crippen molar-refractivity contribution in [1.29, 1.82) is 5.41 Å². The number of anilines is 1. The van der Waals surface area contributed by atoms with Crippen molar-refractivity contribution in [2.75, 3.05) is 25.5 Å². The number of benzene rings is 1. The van der Waals surface area contributed by atoms with Crippen LogP contribution in [0.5, 0.6) is 0 Å². The number of aryl methyl sites for hydroxylation is 1. The third-order valence-corrected chi connectivity index (χ3v) is 4.16. The van der Waals surface area contributed by atoms with Crippen LogP contribution in [0.2, 0.25) is 0 Å². The highest BCUT2D eigenvalue weighted by Crippen LogP contribution is 2.32. The fraction of sp³-hybridized carbons (Fsp3) is 0.333. The maximum Gasteiger partial charge on any atom is 0.0923 e. The molecule has 0 saturated heterocycles. The first kappa shape index (κ1) is 14.6. The van der Waals surface area contributed by atoms with Gasteiger partial charge in [-0.25, -0.2) is 0 Å². The summed E-state index contributed by atoms with van der Waals surface area (Å²) in [5, 5.41) is 12.4. The summed E-state index contributed by atoms with van der Waals surface area (Å²) < 4.78 is 0. The summed E-state index contributed by atoms with van der Waals surface area (Å²) in [6.45, 7) is 3.43. The SMILES string of the molecule is CC(=N)N(C)CCNc1c2c(nc3ccccc13)CCC=C2. The third-order valence-electron chi connectivity index (χ3n) is 4.16. The average Bonchev–Trinajstić information content (AvgIpc) is 2.53. The van der Waals surface area contributed by atoms with Gasteiger partial charge < -0.3 is 10.2 Å². The van der Waals surface area contributed by atoms with Gasteiger partial charge >= 0.3 is 0 Å². The van der Waals surface area contributed by atoms with Crippen LogP contribution in [-0.4, -0.2) is 35.9 Å². The van der Waals surface area contributed by atoms with Crippen LogP contribution in [0, 0.1) is 5.41 Å². The minimum atomic E-state index is 0.586. The molecule has 0 spiro atoms. The Hall–Kier alpha value is -2.36. The number of amidine groups is 1. The van der Waals surface area contributed by atoms with Gasteiger partial charge in [-0.3, -0.25) is 10.4 Å². The lowest BCUT2D eigenvalue weighted by Crippen LogP contribution is -2.29. The Balaban J connectivity index is 1.93. The summed E-state index contributed by atoms with van der Waals surface area (Å²) in [5.74, 6) is 0.586. The first-order chi connectivity index (χ1) is 10.7. The van der Waals surface area contributed by atoms with Crippen molar-refractivity contribution < 1.29 is 0 Å². The van der Waals surface area contributed by atoms with Gasteiger partial charge in [0.25, 0.3) is 0 Å². The van der Waals surface area contributed by atoms with Crippen molar-refractivity contribution >= 4 is 28.5 Å². The molecule has 114 valence electrons. The second-order valence-corrected chi connectivity index (χ2v) is 5.74. The van der Waals surface area contributed by atoms with Crippen LogP contribution in [0.25, 0.3) is 17.0 Å². The Morgan fingerprint density at radius 1 is 1.36 bits per heavy atom. The quantitative estimate of drug-likeness (QED) is 0.670. The molecule has 0 unspecified atom stereocenters. The zero-order valence-corrected chi connectivity index (χ0v) is 13.2. The fourth-order valence-corrected chi connectivity index (χ4v) is 2.78. The first-order valence-corrected chi connectivity index (χ1v) is 7.75. The molecule has 0 radical (unpaired) electrons. The summed E-state index contributed by atoms with van der Waals surface area (Å²) in [5.41, 5.74) is 4.63. The number of likely N-dealkylation sites (N-methyl/N-ethyl adjacent to an activating group) is 1. The molecule has 0 saturated carbocycles. The number of aromatic nitrogens is 1. The van der Waals surface area contributed by atoms with Crippen molar-refractivity contribution in [3.8, 4) is 0 Å². The van der Waals surface area contributed by atoms with E-state index in [9.17, 15) is 0 Å². The number of nitrogens with one attached hydrogen (secondary N) is 2. The van der Waals surface area contributed by atoms with E-state index in [2.05, 4.69) is 35.7 Å². The largest absolute Gasteiger partial charge is 0.382 e. The molecule has 0 fully saturated rings. The van der Waals surface area contributed by atoms with Gasteiger partial charge in [0.1, 0.15) is 0 Å². The third kappa shape index (κ3) is 2.82. The maximum atomic E-state index is 7.64. The van der Waals surface area contributed by atoms with Crippen molar-refractivity contribution in [2.24, 2.45) is 0 Å². The minimum absolute atomic E-state index is 0.586. The molecule has 0 aliphatic heterocycles. The summed E-state index contributed by atoms with van der Waals surface area (Å²) in [4.78, 5) is 6.76. The van der Waals surface area contributed by atoms with E-state index in [4.69, 9.17) is 10.4 Å². The Morgan fingerprint density at radius 2 is 2.18 bits per heavy atom. The number of pyridine rings is 1. The molecule has 3 rings (SSSR count). The molecule has 4 nitrogen and oxygen atoms in total. The highest BCUT2D eigenvalue weighted by Gasteiger charge is 2.14. The Labute approximate surface area is 131 Å². The minimum Gasteiger partial charge on any atom is -0.382 e. The van der Waals surface area contributed by atoms with Gasteiger partial charge in [0.05, 0.1) is 22.7 Å². The number of allylic oxidation sites excluding steroid dienone is 1. The van der Waals surface area contributed by atoms with Gasteiger partial charge in [-0.2, -0.15) is 0 Å². The second kappa shape index (κ2) is 6.18. The molecular formula is C18H22N4. The van der Waals surface area contributed by atoms with Crippen LogP contribution >= 0.6 is 0 Å². The molecule has 4 heteroatoms. The topological polar surface area (TPSA) is 52.0 Å². The number of para-hydroxylation sites is 1. The van der Waals surface area contributed by atoms with E-state index in [0.29, 0.717) is 5.84 Å². The summed E-state index contributed by atoms with van der Waals surface area (Å²) in [6, 6.07) is 8.30. The van der Waals surface area contributed by atoms with Crippen LogP contribution in [0.15, 0.2) is 30.3 Å². The van der Waals surface area contributed by atoms with Gasteiger partial charge in [-0.1, -0.05) is 30.4 Å². The zero-order chi connectivity index (χ0) is 15.5. The van der Waals surface area contributed by atoms with Crippen LogP contribution in [0.1, 0.15) is 24.6 Å². The van der Waals surface area contributed by atoms with Crippen LogP contribution in [0.3, 0.4) is 0 Å². The monoisotopic (exact) mass is 294 g/mol. The van der Waals surface area contributed by atoms with Crippen LogP contribution in [0.4, 0.5) is 5.69 Å². The Bertz CT molecular complexity index is 733. The zero-order valence-electron chi connectivity index (χ0n) is 13.2. The second-order valence-electron chi connectivity index (χ2n) is 5.74. The number of fused-ring (bicyclic) bond motifs is 2. The highest BCUT2D eigenvalue weighted by atomic mass is 15.1. The molecule has 1 aromatic carbocycles. The molecule has 22 heavy (non-hydrogen) atoms. The van der Waals surface area contributed by atoms with Crippen molar-refractivity contribution in [3.05, 3.63) is 41.6 Å². The lowest BCUT2D eigenvalue weighted by Gasteiger charge is -2.21. The standard InChI is InChI=1S/C18H22N4/c1-13(19)22(2)12-11-20-18-14-7-3-5-9-16(14)21-17-10-6-4-8-15(17)18/h3-5,7-9,19H,6,10-12H2,1-2H3,(H,20,21). The highest BCUT2D eigenvalue weighted by molar-refractivity contribution is 5.96. The van der Waals surface area contributed by atoms with Crippen LogP contribution in [-0.2, 0) is 6.42 Å². The van der Waals surface area contributed by atoms with Gasteiger partial charge in [-0.15, -0.1) is 0 Å². The Kier molecular flexibility index (Phi) is 4.09. The number of rotatable bonds is 4. The predicted octanol–water partition coefficient (Wildman–Crippen LogP) is 3.54. The number of hydrogen-bond acceptors (Lipinski definition) is 3. The molecule has 0 atom stereocenters. The molecular weight excluding hydrogens is 272 g/mol. The normalized spacial score (nSPS) is 13.0. The maximum absolute atomic E-state index is 7.64. The summed E-state index contributed by atoms with van der Waals surface area (Å²) in [7, 11) is 1.95. The first-order valence-electron chi connectivity index (χ1n) is 7.75. The van der Waals surface area contributed by atoms with Gasteiger partial charge in [0.15, 0.2) is 0 Å². The van der Waals surface area contributed by atoms with Gasteiger partial charge in [-0.05, 0) is 25.8 Å². The van der Waals surface area contributed by atoms with E-state index in [1.807, 2.05) is 24.9 Å². The molecule has 1 aliphatic rings. The molecule has 1 aromatic heterocycles.